The van der Waals surface area contributed by atoms with Gasteiger partial charge in [0.1, 0.15) is 16.9 Å². The second-order valence-electron chi connectivity index (χ2n) is 5.63. The van der Waals surface area contributed by atoms with Crippen molar-refractivity contribution >= 4 is 22.8 Å². The third-order valence-corrected chi connectivity index (χ3v) is 3.75. The summed E-state index contributed by atoms with van der Waals surface area (Å²) < 4.78 is 10.2. The number of nitrogens with one attached hydrogen (secondary N) is 2. The SMILES string of the molecule is COc1ccc2oc(=O)c(C(=O)NNC(=O)c3cccc(C)c3)cc2c1. The van der Waals surface area contributed by atoms with Gasteiger partial charge in [0.2, 0.25) is 0 Å². The van der Waals surface area contributed by atoms with E-state index in [-0.39, 0.29) is 5.56 Å². The fourth-order valence-electron chi connectivity index (χ4n) is 2.43. The average Bonchev–Trinajstić information content (AvgIpc) is 2.64. The molecule has 0 radical (unpaired) electrons. The van der Waals surface area contributed by atoms with Crippen molar-refractivity contribution in [2.24, 2.45) is 0 Å². The minimum Gasteiger partial charge on any atom is -0.497 e. The number of hydrogen-bond donors (Lipinski definition) is 2. The molecule has 0 fully saturated rings. The summed E-state index contributed by atoms with van der Waals surface area (Å²) >= 11 is 0. The summed E-state index contributed by atoms with van der Waals surface area (Å²) in [5.74, 6) is -0.705. The summed E-state index contributed by atoms with van der Waals surface area (Å²) in [4.78, 5) is 36.3. The third-order valence-electron chi connectivity index (χ3n) is 3.75. The summed E-state index contributed by atoms with van der Waals surface area (Å²) in [5, 5.41) is 0.527. The number of hydrazine groups is 1. The first-order valence-electron chi connectivity index (χ1n) is 7.77. The lowest BCUT2D eigenvalue weighted by Gasteiger charge is -2.08. The highest BCUT2D eigenvalue weighted by Gasteiger charge is 2.15. The maximum atomic E-state index is 12.2. The van der Waals surface area contributed by atoms with Crippen molar-refractivity contribution in [2.45, 2.75) is 6.92 Å². The van der Waals surface area contributed by atoms with Crippen molar-refractivity contribution in [3.8, 4) is 5.75 Å². The van der Waals surface area contributed by atoms with Gasteiger partial charge in [0.05, 0.1) is 7.11 Å². The van der Waals surface area contributed by atoms with Crippen LogP contribution in [0.3, 0.4) is 0 Å². The van der Waals surface area contributed by atoms with Gasteiger partial charge in [-0.2, -0.15) is 0 Å². The van der Waals surface area contributed by atoms with Crippen LogP contribution in [0.5, 0.6) is 5.75 Å². The Morgan fingerprint density at radius 2 is 1.77 bits per heavy atom. The predicted octanol–water partition coefficient (Wildman–Crippen LogP) is 2.18. The number of aryl methyl sites for hydroxylation is 1. The Hall–Kier alpha value is -3.61. The Labute approximate surface area is 148 Å². The van der Waals surface area contributed by atoms with Crippen LogP contribution in [0.15, 0.2) is 57.7 Å². The van der Waals surface area contributed by atoms with E-state index < -0.39 is 17.4 Å². The van der Waals surface area contributed by atoms with Crippen LogP contribution >= 0.6 is 0 Å². The van der Waals surface area contributed by atoms with Gasteiger partial charge in [-0.1, -0.05) is 17.7 Å². The number of benzene rings is 2. The molecule has 1 aromatic heterocycles. The highest BCUT2D eigenvalue weighted by Crippen LogP contribution is 2.20. The highest BCUT2D eigenvalue weighted by atomic mass is 16.5. The maximum Gasteiger partial charge on any atom is 0.349 e. The molecule has 0 unspecified atom stereocenters. The zero-order chi connectivity index (χ0) is 18.7. The lowest BCUT2D eigenvalue weighted by Crippen LogP contribution is -2.43. The molecule has 2 amide bonds. The Kier molecular flexibility index (Phi) is 4.70. The van der Waals surface area contributed by atoms with Gasteiger partial charge in [0.15, 0.2) is 0 Å². The molecular weight excluding hydrogens is 336 g/mol. The minimum absolute atomic E-state index is 0.227. The van der Waals surface area contributed by atoms with E-state index in [4.69, 9.17) is 9.15 Å². The number of carbonyl (C=O) groups excluding carboxylic acids is 2. The molecule has 2 N–H and O–H groups in total. The number of methoxy groups -OCH3 is 1. The quantitative estimate of drug-likeness (QED) is 0.556. The lowest BCUT2D eigenvalue weighted by molar-refractivity contribution is 0.0844. The normalized spacial score (nSPS) is 10.4. The number of fused-ring (bicyclic) bond motifs is 1. The van der Waals surface area contributed by atoms with E-state index in [1.54, 1.807) is 36.4 Å². The van der Waals surface area contributed by atoms with Crippen molar-refractivity contribution in [3.05, 3.63) is 75.6 Å². The first-order chi connectivity index (χ1) is 12.5. The molecule has 0 aliphatic carbocycles. The summed E-state index contributed by atoms with van der Waals surface area (Å²) in [5.41, 5.74) is 5.10. The Morgan fingerprint density at radius 1 is 1.00 bits per heavy atom. The van der Waals surface area contributed by atoms with Crippen molar-refractivity contribution in [3.63, 3.8) is 0 Å². The van der Waals surface area contributed by atoms with Gasteiger partial charge in [-0.15, -0.1) is 0 Å². The van der Waals surface area contributed by atoms with Crippen LogP contribution < -0.4 is 21.2 Å². The molecule has 2 aromatic carbocycles. The van der Waals surface area contributed by atoms with Crippen molar-refractivity contribution < 1.29 is 18.7 Å². The van der Waals surface area contributed by atoms with Crippen LogP contribution in [-0.2, 0) is 0 Å². The van der Waals surface area contributed by atoms with Crippen LogP contribution in [0.4, 0.5) is 0 Å². The zero-order valence-electron chi connectivity index (χ0n) is 14.2. The molecule has 0 spiro atoms. The van der Waals surface area contributed by atoms with E-state index in [0.29, 0.717) is 22.3 Å². The van der Waals surface area contributed by atoms with Crippen LogP contribution in [0.25, 0.3) is 11.0 Å². The second-order valence-corrected chi connectivity index (χ2v) is 5.63. The van der Waals surface area contributed by atoms with E-state index in [1.807, 2.05) is 13.0 Å². The van der Waals surface area contributed by atoms with Crippen molar-refractivity contribution in [1.29, 1.82) is 0 Å². The molecule has 3 rings (SSSR count). The maximum absolute atomic E-state index is 12.2. The molecule has 0 aliphatic heterocycles. The Morgan fingerprint density at radius 3 is 2.50 bits per heavy atom. The molecule has 0 aliphatic rings. The van der Waals surface area contributed by atoms with Gasteiger partial charge in [-0.25, -0.2) is 4.79 Å². The summed E-state index contributed by atoms with van der Waals surface area (Å²) in [6.45, 7) is 1.85. The molecule has 7 heteroatoms. The second kappa shape index (κ2) is 7.10. The fraction of sp³-hybridized carbons (Fsp3) is 0.105. The summed E-state index contributed by atoms with van der Waals surface area (Å²) in [7, 11) is 1.51. The molecule has 1 heterocycles. The Bertz CT molecular complexity index is 1060. The topological polar surface area (TPSA) is 97.6 Å². The third kappa shape index (κ3) is 3.56. The highest BCUT2D eigenvalue weighted by molar-refractivity contribution is 6.00. The van der Waals surface area contributed by atoms with Crippen LogP contribution in [0.1, 0.15) is 26.3 Å². The molecule has 0 saturated carbocycles. The summed E-state index contributed by atoms with van der Waals surface area (Å²) in [6.07, 6.45) is 0. The van der Waals surface area contributed by atoms with Crippen molar-refractivity contribution in [1.82, 2.24) is 10.9 Å². The lowest BCUT2D eigenvalue weighted by atomic mass is 10.1. The van der Waals surface area contributed by atoms with E-state index in [0.717, 1.165) is 5.56 Å². The first-order valence-corrected chi connectivity index (χ1v) is 7.77. The van der Waals surface area contributed by atoms with E-state index in [9.17, 15) is 14.4 Å². The van der Waals surface area contributed by atoms with Crippen LogP contribution in [0, 0.1) is 6.92 Å². The molecule has 0 atom stereocenters. The smallest absolute Gasteiger partial charge is 0.349 e. The average molecular weight is 352 g/mol. The molecular formula is C19H16N2O5. The Balaban J connectivity index is 1.80. The van der Waals surface area contributed by atoms with Gasteiger partial charge in [-0.3, -0.25) is 20.4 Å². The number of hydrogen-bond acceptors (Lipinski definition) is 5. The van der Waals surface area contributed by atoms with Gasteiger partial charge < -0.3 is 9.15 Å². The standard InChI is InChI=1S/C19H16N2O5/c1-11-4-3-5-12(8-11)17(22)20-21-18(23)15-10-13-9-14(25-2)6-7-16(13)26-19(15)24/h3-10H,1-2H3,(H,20,22)(H,21,23). The number of ether oxygens (including phenoxy) is 1. The monoisotopic (exact) mass is 352 g/mol. The minimum atomic E-state index is -0.801. The van der Waals surface area contributed by atoms with Gasteiger partial charge in [0.25, 0.3) is 11.8 Å². The van der Waals surface area contributed by atoms with Gasteiger partial charge >= 0.3 is 5.63 Å². The molecule has 7 nitrogen and oxygen atoms in total. The predicted molar refractivity (Wildman–Crippen MR) is 95.1 cm³/mol. The largest absolute Gasteiger partial charge is 0.497 e. The first kappa shape index (κ1) is 17.2. The molecule has 0 saturated heterocycles. The van der Waals surface area contributed by atoms with Gasteiger partial charge in [-0.05, 0) is 43.3 Å². The molecule has 132 valence electrons. The van der Waals surface area contributed by atoms with Crippen LogP contribution in [0.2, 0.25) is 0 Å². The fourth-order valence-corrected chi connectivity index (χ4v) is 2.43. The van der Waals surface area contributed by atoms with E-state index in [1.165, 1.54) is 13.2 Å². The number of amides is 2. The zero-order valence-corrected chi connectivity index (χ0v) is 14.2. The summed E-state index contributed by atoms with van der Waals surface area (Å²) in [6, 6.07) is 13.1. The molecule has 0 bridgehead atoms. The van der Waals surface area contributed by atoms with Crippen LogP contribution in [-0.4, -0.2) is 18.9 Å². The van der Waals surface area contributed by atoms with Gasteiger partial charge in [0, 0.05) is 10.9 Å². The van der Waals surface area contributed by atoms with E-state index in [2.05, 4.69) is 10.9 Å². The van der Waals surface area contributed by atoms with Crippen molar-refractivity contribution in [2.75, 3.05) is 7.11 Å². The molecule has 26 heavy (non-hydrogen) atoms. The number of rotatable bonds is 3. The number of carbonyl (C=O) groups is 2. The molecule has 3 aromatic rings. The van der Waals surface area contributed by atoms with E-state index >= 15 is 0 Å².